The summed E-state index contributed by atoms with van der Waals surface area (Å²) in [5, 5.41) is 0.166. The molecule has 84 valence electrons. The van der Waals surface area contributed by atoms with E-state index < -0.39 is 0 Å². The van der Waals surface area contributed by atoms with Gasteiger partial charge in [-0.05, 0) is 24.2 Å². The molecule has 15 heavy (non-hydrogen) atoms. The molecule has 0 atom stereocenters. The minimum absolute atomic E-state index is 0.166. The van der Waals surface area contributed by atoms with Gasteiger partial charge < -0.3 is 0 Å². The number of hydrogen-bond acceptors (Lipinski definition) is 1. The average molecular weight is 250 g/mol. The monoisotopic (exact) mass is 249 g/mol. The van der Waals surface area contributed by atoms with Gasteiger partial charge in [-0.2, -0.15) is 0 Å². The van der Waals surface area contributed by atoms with Crippen molar-refractivity contribution >= 4 is 23.2 Å². The molecule has 0 aromatic heterocycles. The molecule has 0 radical (unpaired) electrons. The predicted octanol–water partition coefficient (Wildman–Crippen LogP) is 3.54. The zero-order chi connectivity index (χ0) is 11.3. The molecule has 1 aromatic rings. The van der Waals surface area contributed by atoms with Crippen LogP contribution < -0.4 is 0 Å². The lowest BCUT2D eigenvalue weighted by molar-refractivity contribution is 0.297. The van der Waals surface area contributed by atoms with Crippen molar-refractivity contribution in [3.8, 4) is 0 Å². The van der Waals surface area contributed by atoms with Crippen LogP contribution in [0, 0.1) is 5.82 Å². The van der Waals surface area contributed by atoms with Crippen molar-refractivity contribution in [1.29, 1.82) is 0 Å². The molecule has 0 fully saturated rings. The van der Waals surface area contributed by atoms with Crippen LogP contribution in [0.2, 0.25) is 5.02 Å². The van der Waals surface area contributed by atoms with Gasteiger partial charge in [-0.1, -0.05) is 24.6 Å². The Kier molecular flexibility index (Phi) is 5.37. The van der Waals surface area contributed by atoms with E-state index in [1.165, 1.54) is 6.07 Å². The van der Waals surface area contributed by atoms with Crippen molar-refractivity contribution in [1.82, 2.24) is 4.90 Å². The second-order valence-electron chi connectivity index (χ2n) is 3.31. The van der Waals surface area contributed by atoms with E-state index >= 15 is 0 Å². The van der Waals surface area contributed by atoms with Gasteiger partial charge in [-0.25, -0.2) is 4.39 Å². The van der Waals surface area contributed by atoms with Gasteiger partial charge in [0.2, 0.25) is 0 Å². The van der Waals surface area contributed by atoms with Gasteiger partial charge in [0.1, 0.15) is 5.82 Å². The largest absolute Gasteiger partial charge is 0.298 e. The summed E-state index contributed by atoms with van der Waals surface area (Å²) in [4.78, 5) is 2.15. The fourth-order valence-corrected chi connectivity index (χ4v) is 1.72. The maximum Gasteiger partial charge on any atom is 0.142 e. The molecule has 0 aliphatic heterocycles. The fourth-order valence-electron chi connectivity index (χ4n) is 1.36. The van der Waals surface area contributed by atoms with Crippen LogP contribution >= 0.6 is 23.2 Å². The van der Waals surface area contributed by atoms with Crippen LogP contribution in [0.5, 0.6) is 0 Å². The Morgan fingerprint density at radius 1 is 1.40 bits per heavy atom. The third-order valence-corrected chi connectivity index (χ3v) is 2.71. The second-order valence-corrected chi connectivity index (χ2v) is 4.09. The first-order chi connectivity index (χ1) is 7.17. The zero-order valence-electron chi connectivity index (χ0n) is 8.64. The van der Waals surface area contributed by atoms with Crippen LogP contribution in [0.1, 0.15) is 12.5 Å². The molecule has 0 N–H and O–H groups in total. The van der Waals surface area contributed by atoms with E-state index in [4.69, 9.17) is 23.2 Å². The van der Waals surface area contributed by atoms with E-state index in [0.717, 1.165) is 18.7 Å². The first-order valence-corrected chi connectivity index (χ1v) is 5.81. The second kappa shape index (κ2) is 6.31. The van der Waals surface area contributed by atoms with Gasteiger partial charge in [0.25, 0.3) is 0 Å². The highest BCUT2D eigenvalue weighted by Crippen LogP contribution is 2.16. The molecule has 4 heteroatoms. The van der Waals surface area contributed by atoms with Crippen LogP contribution in [-0.2, 0) is 6.54 Å². The maximum absolute atomic E-state index is 13.1. The maximum atomic E-state index is 13.1. The third-order valence-electron chi connectivity index (χ3n) is 2.24. The van der Waals surface area contributed by atoms with Crippen molar-refractivity contribution in [2.45, 2.75) is 13.5 Å². The number of rotatable bonds is 5. The smallest absolute Gasteiger partial charge is 0.142 e. The van der Waals surface area contributed by atoms with Gasteiger partial charge in [-0.15, -0.1) is 11.6 Å². The molecular formula is C11H14Cl2FN. The lowest BCUT2D eigenvalue weighted by atomic mass is 10.2. The van der Waals surface area contributed by atoms with Gasteiger partial charge in [0, 0.05) is 19.0 Å². The lowest BCUT2D eigenvalue weighted by Gasteiger charge is -2.18. The Bertz CT molecular complexity index is 317. The topological polar surface area (TPSA) is 3.24 Å². The highest BCUT2D eigenvalue weighted by atomic mass is 35.5. The van der Waals surface area contributed by atoms with Crippen molar-refractivity contribution in [3.05, 3.63) is 34.6 Å². The Morgan fingerprint density at radius 2 is 2.13 bits per heavy atom. The number of nitrogens with zero attached hydrogens (tertiary/aromatic N) is 1. The molecule has 1 nitrogen and oxygen atoms in total. The third kappa shape index (κ3) is 3.98. The highest BCUT2D eigenvalue weighted by Gasteiger charge is 2.05. The van der Waals surface area contributed by atoms with Gasteiger partial charge >= 0.3 is 0 Å². The van der Waals surface area contributed by atoms with E-state index in [-0.39, 0.29) is 10.8 Å². The summed E-state index contributed by atoms with van der Waals surface area (Å²) in [6, 6.07) is 4.89. The van der Waals surface area contributed by atoms with E-state index in [9.17, 15) is 4.39 Å². The SMILES string of the molecule is CCN(CCCl)Cc1ccc(Cl)c(F)c1. The highest BCUT2D eigenvalue weighted by molar-refractivity contribution is 6.30. The Morgan fingerprint density at radius 3 is 2.67 bits per heavy atom. The summed E-state index contributed by atoms with van der Waals surface area (Å²) < 4.78 is 13.1. The summed E-state index contributed by atoms with van der Waals surface area (Å²) in [6.45, 7) is 4.47. The summed E-state index contributed by atoms with van der Waals surface area (Å²) in [5.74, 6) is 0.222. The van der Waals surface area contributed by atoms with Gasteiger partial charge in [0.05, 0.1) is 5.02 Å². The van der Waals surface area contributed by atoms with E-state index in [1.54, 1.807) is 6.07 Å². The number of hydrogen-bond donors (Lipinski definition) is 0. The van der Waals surface area contributed by atoms with E-state index in [1.807, 2.05) is 6.07 Å². The number of halogens is 3. The molecule has 0 heterocycles. The molecule has 0 aliphatic carbocycles. The van der Waals surface area contributed by atoms with Crippen molar-refractivity contribution in [2.24, 2.45) is 0 Å². The molecule has 1 aromatic carbocycles. The Balaban J connectivity index is 2.66. The summed E-state index contributed by atoms with van der Waals surface area (Å²) >= 11 is 11.3. The van der Waals surface area contributed by atoms with Crippen LogP contribution in [0.15, 0.2) is 18.2 Å². The number of benzene rings is 1. The van der Waals surface area contributed by atoms with Gasteiger partial charge in [0.15, 0.2) is 0 Å². The van der Waals surface area contributed by atoms with E-state index in [0.29, 0.717) is 12.4 Å². The van der Waals surface area contributed by atoms with Crippen molar-refractivity contribution < 1.29 is 4.39 Å². The quantitative estimate of drug-likeness (QED) is 0.722. The van der Waals surface area contributed by atoms with Gasteiger partial charge in [-0.3, -0.25) is 4.90 Å². The normalized spacial score (nSPS) is 11.0. The minimum Gasteiger partial charge on any atom is -0.298 e. The molecule has 0 saturated heterocycles. The van der Waals surface area contributed by atoms with Crippen LogP contribution in [0.3, 0.4) is 0 Å². The predicted molar refractivity (Wildman–Crippen MR) is 63.1 cm³/mol. The lowest BCUT2D eigenvalue weighted by Crippen LogP contribution is -2.24. The molecule has 0 spiro atoms. The molecule has 0 aliphatic rings. The number of alkyl halides is 1. The molecule has 0 unspecified atom stereocenters. The van der Waals surface area contributed by atoms with Crippen molar-refractivity contribution in [3.63, 3.8) is 0 Å². The first kappa shape index (κ1) is 12.8. The molecule has 0 saturated carbocycles. The van der Waals surface area contributed by atoms with Crippen LogP contribution in [0.4, 0.5) is 4.39 Å². The fraction of sp³-hybridized carbons (Fsp3) is 0.455. The Hall–Kier alpha value is -0.310. The van der Waals surface area contributed by atoms with E-state index in [2.05, 4.69) is 11.8 Å². The summed E-state index contributed by atoms with van der Waals surface area (Å²) in [6.07, 6.45) is 0. The standard InChI is InChI=1S/C11H14Cl2FN/c1-2-15(6-5-12)8-9-3-4-10(13)11(14)7-9/h3-4,7H,2,5-6,8H2,1H3. The Labute approximate surface area is 99.8 Å². The molecule has 0 amide bonds. The van der Waals surface area contributed by atoms with Crippen LogP contribution in [-0.4, -0.2) is 23.9 Å². The first-order valence-electron chi connectivity index (χ1n) is 4.89. The van der Waals surface area contributed by atoms with Crippen LogP contribution in [0.25, 0.3) is 0 Å². The summed E-state index contributed by atoms with van der Waals surface area (Å²) in [5.41, 5.74) is 0.920. The summed E-state index contributed by atoms with van der Waals surface area (Å²) in [7, 11) is 0. The molecule has 0 bridgehead atoms. The molecule has 1 rings (SSSR count). The zero-order valence-corrected chi connectivity index (χ0v) is 10.2. The molecular weight excluding hydrogens is 236 g/mol. The van der Waals surface area contributed by atoms with Crippen molar-refractivity contribution in [2.75, 3.05) is 19.0 Å². The minimum atomic E-state index is -0.365. The average Bonchev–Trinajstić information content (AvgIpc) is 2.23.